The van der Waals surface area contributed by atoms with Crippen molar-refractivity contribution in [1.29, 1.82) is 0 Å². The van der Waals surface area contributed by atoms with Gasteiger partial charge in [0.15, 0.2) is 0 Å². The van der Waals surface area contributed by atoms with Gasteiger partial charge in [-0.15, -0.1) is 0 Å². The number of aryl methyl sites for hydroxylation is 2. The zero-order valence-electron chi connectivity index (χ0n) is 22.5. The minimum absolute atomic E-state index is 0.0246. The Morgan fingerprint density at radius 2 is 1.32 bits per heavy atom. The maximum atomic E-state index is 14.5. The molecule has 5 heteroatoms. The minimum atomic E-state index is 0.0246. The number of unbranched alkanes of at least 4 members (excludes halogenated alkanes) is 2. The minimum Gasteiger partial charge on any atom is -0.268 e. The van der Waals surface area contributed by atoms with E-state index in [1.165, 1.54) is 59.6 Å². The van der Waals surface area contributed by atoms with Gasteiger partial charge in [0.05, 0.1) is 22.6 Å². The van der Waals surface area contributed by atoms with Crippen LogP contribution in [0.25, 0.3) is 81.3 Å². The molecule has 4 nitrogen and oxygen atoms in total. The van der Waals surface area contributed by atoms with E-state index in [4.69, 9.17) is 4.98 Å². The van der Waals surface area contributed by atoms with Crippen LogP contribution in [0, 0.1) is 3.70 Å². The molecular formula is C35H26IN3O. The van der Waals surface area contributed by atoms with E-state index in [9.17, 15) is 4.79 Å². The van der Waals surface area contributed by atoms with Crippen LogP contribution in [0.3, 0.4) is 0 Å². The van der Waals surface area contributed by atoms with Crippen LogP contribution in [0.1, 0.15) is 50.7 Å². The molecule has 3 heterocycles. The molecule has 0 aliphatic heterocycles. The lowest BCUT2D eigenvalue weighted by molar-refractivity contribution is 0.799. The molecule has 0 radical (unpaired) electrons. The summed E-state index contributed by atoms with van der Waals surface area (Å²) in [5, 5.41) is 14.8. The Morgan fingerprint density at radius 3 is 1.95 bits per heavy atom. The Bertz CT molecular complexity index is 2490. The maximum Gasteiger partial charge on any atom is 0.265 e. The quantitative estimate of drug-likeness (QED) is 0.104. The van der Waals surface area contributed by atoms with Crippen molar-refractivity contribution in [2.45, 2.75) is 52.4 Å². The number of rotatable bonds is 6. The van der Waals surface area contributed by atoms with E-state index >= 15 is 0 Å². The van der Waals surface area contributed by atoms with Crippen LogP contribution in [0.2, 0.25) is 0 Å². The van der Waals surface area contributed by atoms with Crippen LogP contribution in [0.4, 0.5) is 0 Å². The van der Waals surface area contributed by atoms with Gasteiger partial charge in [-0.1, -0.05) is 51.0 Å². The van der Waals surface area contributed by atoms with E-state index in [1.54, 1.807) is 6.20 Å². The van der Waals surface area contributed by atoms with Gasteiger partial charge in [0, 0.05) is 5.39 Å². The first kappa shape index (κ1) is 23.2. The van der Waals surface area contributed by atoms with Gasteiger partial charge in [0.25, 0.3) is 5.56 Å². The van der Waals surface area contributed by atoms with E-state index in [0.29, 0.717) is 0 Å². The molecule has 0 saturated heterocycles. The number of fused-ring (bicyclic) bond motifs is 7. The van der Waals surface area contributed by atoms with Crippen molar-refractivity contribution in [3.05, 3.63) is 73.8 Å². The van der Waals surface area contributed by atoms with Gasteiger partial charge in [-0.25, -0.2) is 9.97 Å². The Balaban J connectivity index is 1.62. The molecule has 6 aromatic carbocycles. The molecule has 0 unspecified atom stereocenters. The van der Waals surface area contributed by atoms with Crippen LogP contribution in [-0.4, -0.2) is 14.4 Å². The Labute approximate surface area is 243 Å². The molecular weight excluding hydrogens is 605 g/mol. The summed E-state index contributed by atoms with van der Waals surface area (Å²) >= 11 is 2.22. The molecule has 194 valence electrons. The van der Waals surface area contributed by atoms with Gasteiger partial charge < -0.3 is 0 Å². The summed E-state index contributed by atoms with van der Waals surface area (Å²) in [5.74, 6) is 0. The lowest BCUT2D eigenvalue weighted by atomic mass is 9.90. The fourth-order valence-electron chi connectivity index (χ4n) is 7.61. The lowest BCUT2D eigenvalue weighted by Gasteiger charge is -2.12. The fourth-order valence-corrected chi connectivity index (χ4v) is 8.05. The Kier molecular flexibility index (Phi) is 4.63. The number of imidazole rings is 1. The number of pyridine rings is 1. The predicted octanol–water partition coefficient (Wildman–Crippen LogP) is 9.20. The molecule has 0 N–H and O–H groups in total. The maximum absolute atomic E-state index is 14.5. The summed E-state index contributed by atoms with van der Waals surface area (Å²) < 4.78 is 2.70. The Morgan fingerprint density at radius 1 is 0.725 bits per heavy atom. The van der Waals surface area contributed by atoms with Crippen molar-refractivity contribution < 1.29 is 0 Å². The monoisotopic (exact) mass is 631 g/mol. The first-order chi connectivity index (χ1) is 19.6. The number of benzene rings is 5. The van der Waals surface area contributed by atoms with Crippen molar-refractivity contribution >= 4 is 104 Å². The number of hydrogen-bond acceptors (Lipinski definition) is 3. The summed E-state index contributed by atoms with van der Waals surface area (Å²) in [5.41, 5.74) is 5.13. The Hall–Kier alpha value is -3.58. The first-order valence-corrected chi connectivity index (χ1v) is 15.5. The van der Waals surface area contributed by atoms with E-state index in [0.717, 1.165) is 75.1 Å². The summed E-state index contributed by atoms with van der Waals surface area (Å²) in [6.45, 7) is 4.50. The van der Waals surface area contributed by atoms with Gasteiger partial charge in [-0.3, -0.25) is 9.20 Å². The van der Waals surface area contributed by atoms with Crippen LogP contribution in [0.5, 0.6) is 0 Å². The van der Waals surface area contributed by atoms with E-state index in [2.05, 4.69) is 77.8 Å². The van der Waals surface area contributed by atoms with Gasteiger partial charge in [-0.2, -0.15) is 0 Å². The first-order valence-electron chi connectivity index (χ1n) is 14.5. The second-order valence-electron chi connectivity index (χ2n) is 11.5. The normalized spacial score (nSPS) is 13.1. The molecule has 0 atom stereocenters. The van der Waals surface area contributed by atoms with E-state index < -0.39 is 0 Å². The van der Waals surface area contributed by atoms with Crippen LogP contribution < -0.4 is 5.56 Å². The highest BCUT2D eigenvalue weighted by molar-refractivity contribution is 14.1. The van der Waals surface area contributed by atoms with Gasteiger partial charge in [-0.05, 0) is 131 Å². The third-order valence-electron chi connectivity index (χ3n) is 9.34. The second kappa shape index (κ2) is 8.00. The molecule has 9 aromatic rings. The molecule has 40 heavy (non-hydrogen) atoms. The average Bonchev–Trinajstić information content (AvgIpc) is 3.61. The van der Waals surface area contributed by atoms with Crippen molar-refractivity contribution in [2.75, 3.05) is 0 Å². The third kappa shape index (κ3) is 2.70. The lowest BCUT2D eigenvalue weighted by Crippen LogP contribution is -2.06. The fraction of sp³-hybridized carbons (Fsp3) is 0.229. The average molecular weight is 632 g/mol. The van der Waals surface area contributed by atoms with E-state index in [-0.39, 0.29) is 5.56 Å². The standard InChI is InChI=1S/C35H26IN3O/c1-3-5-7-18-13-22-30-28-20(18)11-9-17-10-12-21-19(8-6-4-2)14-23(31(30)29(21)27(17)28)33-32(22)34-38-24-15-26(36)37-16-25(24)39(34)35(33)40/h9-16H,3-8H2,1-2H3. The molecule has 0 bridgehead atoms. The highest BCUT2D eigenvalue weighted by Crippen LogP contribution is 2.52. The zero-order valence-corrected chi connectivity index (χ0v) is 24.6. The van der Waals surface area contributed by atoms with Gasteiger partial charge >= 0.3 is 0 Å². The van der Waals surface area contributed by atoms with Crippen molar-refractivity contribution in [3.63, 3.8) is 0 Å². The molecule has 0 spiro atoms. The van der Waals surface area contributed by atoms with Crippen LogP contribution >= 0.6 is 22.6 Å². The van der Waals surface area contributed by atoms with Crippen molar-refractivity contribution in [1.82, 2.24) is 14.4 Å². The molecule has 0 amide bonds. The van der Waals surface area contributed by atoms with Crippen molar-refractivity contribution in [2.24, 2.45) is 0 Å². The number of nitrogens with zero attached hydrogens (tertiary/aromatic N) is 3. The third-order valence-corrected chi connectivity index (χ3v) is 9.93. The molecule has 0 aliphatic rings. The highest BCUT2D eigenvalue weighted by atomic mass is 127. The van der Waals surface area contributed by atoms with Gasteiger partial charge in [0.1, 0.15) is 9.35 Å². The highest BCUT2D eigenvalue weighted by Gasteiger charge is 2.28. The molecule has 0 fully saturated rings. The second-order valence-corrected chi connectivity index (χ2v) is 12.6. The molecule has 3 aromatic heterocycles. The number of halogens is 1. The van der Waals surface area contributed by atoms with Crippen molar-refractivity contribution in [3.8, 4) is 0 Å². The smallest absolute Gasteiger partial charge is 0.265 e. The number of aromatic nitrogens is 3. The topological polar surface area (TPSA) is 47.3 Å². The van der Waals surface area contributed by atoms with Crippen LogP contribution in [0.15, 0.2) is 53.5 Å². The summed E-state index contributed by atoms with van der Waals surface area (Å²) in [4.78, 5) is 24.1. The molecule has 0 saturated carbocycles. The SMILES string of the molecule is CCCCc1cc2c3c(=O)n4c5cnc(I)cc5nc4c3c3cc(CCCC)c4ccc5ccc1c1c5c4c3c21. The zero-order chi connectivity index (χ0) is 26.9. The molecule has 0 aliphatic carbocycles. The summed E-state index contributed by atoms with van der Waals surface area (Å²) in [7, 11) is 0. The summed E-state index contributed by atoms with van der Waals surface area (Å²) in [6, 6.07) is 16.0. The van der Waals surface area contributed by atoms with Gasteiger partial charge in [0.2, 0.25) is 0 Å². The summed E-state index contributed by atoms with van der Waals surface area (Å²) in [6.07, 6.45) is 8.41. The van der Waals surface area contributed by atoms with E-state index in [1.807, 2.05) is 10.5 Å². The number of hydrogen-bond donors (Lipinski definition) is 0. The molecule has 9 rings (SSSR count). The predicted molar refractivity (Wildman–Crippen MR) is 176 cm³/mol. The van der Waals surface area contributed by atoms with Crippen LogP contribution in [-0.2, 0) is 12.8 Å². The largest absolute Gasteiger partial charge is 0.268 e.